The number of aryl methyl sites for hydroxylation is 1. The highest BCUT2D eigenvalue weighted by atomic mass is 15.2. The van der Waals surface area contributed by atoms with Crippen molar-refractivity contribution >= 4 is 0 Å². The van der Waals surface area contributed by atoms with Crippen molar-refractivity contribution < 1.29 is 0 Å². The monoisotopic (exact) mass is 260 g/mol. The quantitative estimate of drug-likeness (QED) is 0.605. The average Bonchev–Trinajstić information content (AvgIpc) is 2.76. The van der Waals surface area contributed by atoms with Crippen LogP contribution in [0.25, 0.3) is 0 Å². The average molecular weight is 260 g/mol. The Morgan fingerprint density at radius 1 is 1.32 bits per heavy atom. The highest BCUT2D eigenvalue weighted by Gasteiger charge is 2.38. The van der Waals surface area contributed by atoms with E-state index >= 15 is 0 Å². The van der Waals surface area contributed by atoms with Crippen LogP contribution in [-0.2, 0) is 6.42 Å². The second-order valence-corrected chi connectivity index (χ2v) is 6.64. The summed E-state index contributed by atoms with van der Waals surface area (Å²) in [6.07, 6.45) is 7.58. The van der Waals surface area contributed by atoms with Crippen molar-refractivity contribution in [1.29, 1.82) is 0 Å². The molecule has 106 valence electrons. The molecule has 1 aliphatic carbocycles. The molecule has 1 aromatic rings. The third-order valence-electron chi connectivity index (χ3n) is 4.86. The molecule has 2 heteroatoms. The summed E-state index contributed by atoms with van der Waals surface area (Å²) in [5.41, 5.74) is 4.97. The van der Waals surface area contributed by atoms with E-state index < -0.39 is 0 Å². The first-order chi connectivity index (χ1) is 9.13. The van der Waals surface area contributed by atoms with E-state index in [0.29, 0.717) is 11.5 Å². The van der Waals surface area contributed by atoms with Crippen LogP contribution in [0.5, 0.6) is 0 Å². The Balaban J connectivity index is 1.83. The molecule has 0 bridgehead atoms. The van der Waals surface area contributed by atoms with Crippen LogP contribution in [0.1, 0.15) is 51.5 Å². The van der Waals surface area contributed by atoms with Crippen molar-refractivity contribution in [1.82, 2.24) is 5.43 Å². The fourth-order valence-corrected chi connectivity index (χ4v) is 3.67. The summed E-state index contributed by atoms with van der Waals surface area (Å²) in [5.74, 6) is 6.53. The molecule has 1 fully saturated rings. The largest absolute Gasteiger partial charge is 0.271 e. The summed E-state index contributed by atoms with van der Waals surface area (Å²) in [6, 6.07) is 11.2. The smallest absolute Gasteiger partial charge is 0.0243 e. The van der Waals surface area contributed by atoms with Gasteiger partial charge in [-0.25, -0.2) is 0 Å². The second kappa shape index (κ2) is 6.53. The van der Waals surface area contributed by atoms with Gasteiger partial charge in [0.1, 0.15) is 0 Å². The van der Waals surface area contributed by atoms with Gasteiger partial charge in [0.05, 0.1) is 0 Å². The predicted molar refractivity (Wildman–Crippen MR) is 81.6 cm³/mol. The molecule has 2 nitrogen and oxygen atoms in total. The van der Waals surface area contributed by atoms with Crippen molar-refractivity contribution in [3.63, 3.8) is 0 Å². The summed E-state index contributed by atoms with van der Waals surface area (Å²) in [7, 11) is 0. The van der Waals surface area contributed by atoms with Crippen LogP contribution in [0.15, 0.2) is 30.3 Å². The summed E-state index contributed by atoms with van der Waals surface area (Å²) in [6.45, 7) is 4.79. The van der Waals surface area contributed by atoms with Gasteiger partial charge in [-0.1, -0.05) is 50.6 Å². The molecule has 0 radical (unpaired) electrons. The lowest BCUT2D eigenvalue weighted by Crippen LogP contribution is -2.44. The number of hydrazine groups is 1. The lowest BCUT2D eigenvalue weighted by molar-refractivity contribution is 0.188. The zero-order chi connectivity index (χ0) is 13.7. The van der Waals surface area contributed by atoms with E-state index in [1.54, 1.807) is 0 Å². The van der Waals surface area contributed by atoms with E-state index in [4.69, 9.17) is 5.84 Å². The lowest BCUT2D eigenvalue weighted by Gasteiger charge is -2.34. The molecule has 0 heterocycles. The standard InChI is InChI=1S/C17H28N2/c1-17(2)13-7-11-15(17)16(19-18)12-6-10-14-8-4-3-5-9-14/h3-5,8-9,15-16,19H,6-7,10-13,18H2,1-2H3. The Morgan fingerprint density at radius 3 is 2.63 bits per heavy atom. The molecule has 2 atom stereocenters. The number of hydrogen-bond donors (Lipinski definition) is 2. The Hall–Kier alpha value is -0.860. The van der Waals surface area contributed by atoms with Crippen molar-refractivity contribution in [3.05, 3.63) is 35.9 Å². The molecular formula is C17H28N2. The molecule has 1 saturated carbocycles. The van der Waals surface area contributed by atoms with Crippen LogP contribution < -0.4 is 11.3 Å². The molecule has 0 amide bonds. The van der Waals surface area contributed by atoms with Crippen molar-refractivity contribution in [2.75, 3.05) is 0 Å². The van der Waals surface area contributed by atoms with Crippen LogP contribution in [0.3, 0.4) is 0 Å². The fraction of sp³-hybridized carbons (Fsp3) is 0.647. The summed E-state index contributed by atoms with van der Waals surface area (Å²) in [5, 5.41) is 0. The highest BCUT2D eigenvalue weighted by Crippen LogP contribution is 2.45. The third kappa shape index (κ3) is 3.80. The van der Waals surface area contributed by atoms with Crippen molar-refractivity contribution in [2.45, 2.75) is 58.4 Å². The van der Waals surface area contributed by atoms with Gasteiger partial charge >= 0.3 is 0 Å². The molecule has 1 aromatic carbocycles. The maximum Gasteiger partial charge on any atom is 0.0243 e. The molecule has 2 unspecified atom stereocenters. The van der Waals surface area contributed by atoms with E-state index in [0.717, 1.165) is 12.3 Å². The predicted octanol–water partition coefficient (Wildman–Crippen LogP) is 3.67. The normalized spacial score (nSPS) is 23.4. The summed E-state index contributed by atoms with van der Waals surface area (Å²) < 4.78 is 0. The third-order valence-corrected chi connectivity index (χ3v) is 4.86. The maximum atomic E-state index is 5.80. The minimum atomic E-state index is 0.448. The first kappa shape index (κ1) is 14.5. The molecule has 0 saturated heterocycles. The molecule has 2 rings (SSSR count). The van der Waals surface area contributed by atoms with Gasteiger partial charge in [-0.15, -0.1) is 0 Å². The van der Waals surface area contributed by atoms with Crippen molar-refractivity contribution in [3.8, 4) is 0 Å². The highest BCUT2D eigenvalue weighted by molar-refractivity contribution is 5.14. The van der Waals surface area contributed by atoms with Gasteiger partial charge in [-0.05, 0) is 49.0 Å². The molecular weight excluding hydrogens is 232 g/mol. The Bertz CT molecular complexity index is 372. The molecule has 0 aliphatic heterocycles. The van der Waals surface area contributed by atoms with Gasteiger partial charge in [-0.2, -0.15) is 0 Å². The lowest BCUT2D eigenvalue weighted by atomic mass is 9.76. The molecule has 3 N–H and O–H groups in total. The topological polar surface area (TPSA) is 38.0 Å². The number of nitrogens with two attached hydrogens (primary N) is 1. The Morgan fingerprint density at radius 2 is 2.05 bits per heavy atom. The number of benzene rings is 1. The van der Waals surface area contributed by atoms with E-state index in [-0.39, 0.29) is 0 Å². The SMILES string of the molecule is CC1(C)CCCC1C(CCCc1ccccc1)NN. The molecule has 1 aliphatic rings. The van der Waals surface area contributed by atoms with Crippen LogP contribution >= 0.6 is 0 Å². The van der Waals surface area contributed by atoms with Crippen LogP contribution in [0, 0.1) is 11.3 Å². The fourth-order valence-electron chi connectivity index (χ4n) is 3.67. The Kier molecular flexibility index (Phi) is 5.00. The summed E-state index contributed by atoms with van der Waals surface area (Å²) >= 11 is 0. The van der Waals surface area contributed by atoms with Gasteiger partial charge in [-0.3, -0.25) is 11.3 Å². The van der Waals surface area contributed by atoms with Gasteiger partial charge in [0, 0.05) is 6.04 Å². The Labute approximate surface area is 117 Å². The first-order valence-electron chi connectivity index (χ1n) is 7.63. The number of hydrogen-bond acceptors (Lipinski definition) is 2. The molecule has 0 aromatic heterocycles. The van der Waals surface area contributed by atoms with E-state index in [1.165, 1.54) is 37.7 Å². The van der Waals surface area contributed by atoms with Gasteiger partial charge in [0.2, 0.25) is 0 Å². The zero-order valence-electron chi connectivity index (χ0n) is 12.4. The maximum absolute atomic E-state index is 5.80. The van der Waals surface area contributed by atoms with Crippen molar-refractivity contribution in [2.24, 2.45) is 17.2 Å². The molecule has 0 spiro atoms. The first-order valence-corrected chi connectivity index (χ1v) is 7.63. The number of rotatable bonds is 6. The minimum absolute atomic E-state index is 0.448. The van der Waals surface area contributed by atoms with E-state index in [2.05, 4.69) is 49.6 Å². The van der Waals surface area contributed by atoms with Crippen LogP contribution in [0.4, 0.5) is 0 Å². The van der Waals surface area contributed by atoms with E-state index in [1.807, 2.05) is 0 Å². The van der Waals surface area contributed by atoms with Gasteiger partial charge in [0.15, 0.2) is 0 Å². The number of nitrogens with one attached hydrogen (secondary N) is 1. The van der Waals surface area contributed by atoms with Gasteiger partial charge in [0.25, 0.3) is 0 Å². The van der Waals surface area contributed by atoms with Crippen LogP contribution in [0.2, 0.25) is 0 Å². The summed E-state index contributed by atoms with van der Waals surface area (Å²) in [4.78, 5) is 0. The zero-order valence-corrected chi connectivity index (χ0v) is 12.4. The van der Waals surface area contributed by atoms with Gasteiger partial charge < -0.3 is 0 Å². The van der Waals surface area contributed by atoms with Crippen LogP contribution in [-0.4, -0.2) is 6.04 Å². The van der Waals surface area contributed by atoms with E-state index in [9.17, 15) is 0 Å². The second-order valence-electron chi connectivity index (χ2n) is 6.64. The molecule has 19 heavy (non-hydrogen) atoms. The minimum Gasteiger partial charge on any atom is -0.271 e.